The summed E-state index contributed by atoms with van der Waals surface area (Å²) < 4.78 is 68.6. The third kappa shape index (κ3) is 72.2. The van der Waals surface area contributed by atoms with Crippen LogP contribution in [0.5, 0.6) is 0 Å². The van der Waals surface area contributed by atoms with Crippen molar-refractivity contribution in [2.75, 3.05) is 39.6 Å². The summed E-state index contributed by atoms with van der Waals surface area (Å²) in [6.07, 6.45) is 55.4. The standard InChI is InChI=1S/C78H152O17P2/c1-8-9-10-11-12-13-14-15-16-17-18-19-20-21-33-40-47-54-61-77(82)94-73(65-88-75(80)59-52-45-38-31-25-22-28-35-42-49-56-69(2)3)67-92-96(84,85)90-63-72(79)64-91-97(86,87)93-68-74(95-78(83)62-55-48-41-34-27-24-30-37-44-51-58-71(6)7)66-89-76(81)60-53-46-39-32-26-23-29-36-43-50-57-70(4)5/h69-74,79H,8-68H2,1-7H3,(H,84,85)(H,86,87)/t72-,73-,74-/m1/s1. The quantitative estimate of drug-likeness (QED) is 0.0222. The number of hydrogen-bond donors (Lipinski definition) is 3. The first-order valence-corrected chi connectivity index (χ1v) is 43.3. The van der Waals surface area contributed by atoms with Gasteiger partial charge in [-0.3, -0.25) is 37.3 Å². The van der Waals surface area contributed by atoms with Crippen molar-refractivity contribution in [2.45, 2.75) is 420 Å². The minimum Gasteiger partial charge on any atom is -0.462 e. The second-order valence-electron chi connectivity index (χ2n) is 29.5. The predicted octanol–water partition coefficient (Wildman–Crippen LogP) is 23.0. The van der Waals surface area contributed by atoms with E-state index in [0.29, 0.717) is 25.7 Å². The molecule has 0 aliphatic heterocycles. The molecular formula is C78H152O17P2. The molecule has 0 fully saturated rings. The Morgan fingerprint density at radius 1 is 0.278 bits per heavy atom. The Kier molecular flexibility index (Phi) is 67.1. The maximum atomic E-state index is 13.1. The van der Waals surface area contributed by atoms with Crippen molar-refractivity contribution in [3.63, 3.8) is 0 Å². The van der Waals surface area contributed by atoms with Gasteiger partial charge < -0.3 is 33.8 Å². The van der Waals surface area contributed by atoms with Crippen LogP contribution in [0, 0.1) is 17.8 Å². The summed E-state index contributed by atoms with van der Waals surface area (Å²) in [5, 5.41) is 10.6. The van der Waals surface area contributed by atoms with Gasteiger partial charge in [0.2, 0.25) is 0 Å². The third-order valence-corrected chi connectivity index (χ3v) is 20.0. The van der Waals surface area contributed by atoms with Crippen molar-refractivity contribution < 1.29 is 80.2 Å². The summed E-state index contributed by atoms with van der Waals surface area (Å²) in [4.78, 5) is 72.9. The number of esters is 4. The van der Waals surface area contributed by atoms with Gasteiger partial charge in [-0.05, 0) is 43.4 Å². The van der Waals surface area contributed by atoms with Gasteiger partial charge in [0.15, 0.2) is 12.2 Å². The van der Waals surface area contributed by atoms with E-state index in [9.17, 15) is 43.2 Å². The largest absolute Gasteiger partial charge is 0.472 e. The van der Waals surface area contributed by atoms with Crippen LogP contribution in [-0.2, 0) is 65.4 Å². The van der Waals surface area contributed by atoms with Crippen LogP contribution in [0.25, 0.3) is 0 Å². The monoisotopic (exact) mass is 1420 g/mol. The molecule has 0 aromatic rings. The van der Waals surface area contributed by atoms with E-state index in [2.05, 4.69) is 48.5 Å². The average Bonchev–Trinajstić information content (AvgIpc) is 1.36. The molecule has 17 nitrogen and oxygen atoms in total. The number of carbonyl (C=O) groups excluding carboxylic acids is 4. The summed E-state index contributed by atoms with van der Waals surface area (Å²) in [5.41, 5.74) is 0. The van der Waals surface area contributed by atoms with Crippen molar-refractivity contribution in [2.24, 2.45) is 17.8 Å². The van der Waals surface area contributed by atoms with E-state index in [0.717, 1.165) is 108 Å². The molecule has 0 radical (unpaired) electrons. The molecule has 97 heavy (non-hydrogen) atoms. The Hall–Kier alpha value is -1.94. The summed E-state index contributed by atoms with van der Waals surface area (Å²) in [6, 6.07) is 0. The minimum atomic E-state index is -4.96. The molecule has 5 atom stereocenters. The fourth-order valence-corrected chi connectivity index (χ4v) is 13.5. The summed E-state index contributed by atoms with van der Waals surface area (Å²) >= 11 is 0. The second-order valence-corrected chi connectivity index (χ2v) is 32.4. The smallest absolute Gasteiger partial charge is 0.462 e. The third-order valence-electron chi connectivity index (χ3n) is 18.1. The number of carbonyl (C=O) groups is 4. The van der Waals surface area contributed by atoms with Gasteiger partial charge in [-0.25, -0.2) is 9.13 Å². The maximum absolute atomic E-state index is 13.1. The van der Waals surface area contributed by atoms with Gasteiger partial charge in [-0.1, -0.05) is 350 Å². The fourth-order valence-electron chi connectivity index (χ4n) is 12.0. The number of unbranched alkanes of at least 4 members (excludes halogenated alkanes) is 44. The highest BCUT2D eigenvalue weighted by Gasteiger charge is 2.30. The zero-order valence-corrected chi connectivity index (χ0v) is 65.3. The lowest BCUT2D eigenvalue weighted by Gasteiger charge is -2.21. The Labute approximate surface area is 594 Å². The Morgan fingerprint density at radius 2 is 0.474 bits per heavy atom. The topological polar surface area (TPSA) is 237 Å². The first-order chi connectivity index (χ1) is 46.7. The van der Waals surface area contributed by atoms with Gasteiger partial charge >= 0.3 is 39.5 Å². The SMILES string of the molecule is CCCCCCCCCCCCCCCCCCCCC(=O)O[C@H](COC(=O)CCCCCCCCCCCCC(C)C)COP(=O)(O)OC[C@@H](O)COP(=O)(O)OC[C@@H](COC(=O)CCCCCCCCCCCCC(C)C)OC(=O)CCCCCCCCCCCCC(C)C. The van der Waals surface area contributed by atoms with E-state index in [1.165, 1.54) is 212 Å². The molecule has 0 rings (SSSR count). The number of aliphatic hydroxyl groups is 1. The zero-order chi connectivity index (χ0) is 71.6. The van der Waals surface area contributed by atoms with E-state index in [1.54, 1.807) is 0 Å². The number of rotatable bonds is 76. The van der Waals surface area contributed by atoms with Crippen molar-refractivity contribution in [3.05, 3.63) is 0 Å². The maximum Gasteiger partial charge on any atom is 0.472 e. The number of hydrogen-bond acceptors (Lipinski definition) is 15. The van der Waals surface area contributed by atoms with Crippen LogP contribution < -0.4 is 0 Å². The molecule has 3 N–H and O–H groups in total. The Bertz CT molecular complexity index is 1890. The van der Waals surface area contributed by atoms with Crippen molar-refractivity contribution in [1.82, 2.24) is 0 Å². The Morgan fingerprint density at radius 3 is 0.701 bits per heavy atom. The molecule has 576 valence electrons. The van der Waals surface area contributed by atoms with Crippen molar-refractivity contribution in [1.29, 1.82) is 0 Å². The molecule has 19 heteroatoms. The van der Waals surface area contributed by atoms with Crippen LogP contribution in [-0.4, -0.2) is 96.7 Å². The fraction of sp³-hybridized carbons (Fsp3) is 0.949. The molecule has 2 unspecified atom stereocenters. The molecule has 0 spiro atoms. The minimum absolute atomic E-state index is 0.106. The van der Waals surface area contributed by atoms with Crippen LogP contribution in [0.3, 0.4) is 0 Å². The summed E-state index contributed by atoms with van der Waals surface area (Å²) in [5.74, 6) is 0.154. The highest BCUT2D eigenvalue weighted by Crippen LogP contribution is 2.45. The lowest BCUT2D eigenvalue weighted by molar-refractivity contribution is -0.161. The van der Waals surface area contributed by atoms with E-state index < -0.39 is 97.5 Å². The molecule has 0 saturated heterocycles. The average molecular weight is 1420 g/mol. The van der Waals surface area contributed by atoms with Gasteiger partial charge in [-0.2, -0.15) is 0 Å². The molecular weight excluding hydrogens is 1270 g/mol. The Balaban J connectivity index is 5.26. The van der Waals surface area contributed by atoms with Gasteiger partial charge in [0, 0.05) is 25.7 Å². The van der Waals surface area contributed by atoms with Gasteiger partial charge in [-0.15, -0.1) is 0 Å². The van der Waals surface area contributed by atoms with Gasteiger partial charge in [0.1, 0.15) is 19.3 Å². The van der Waals surface area contributed by atoms with Crippen LogP contribution >= 0.6 is 15.6 Å². The first kappa shape index (κ1) is 95.1. The lowest BCUT2D eigenvalue weighted by Crippen LogP contribution is -2.30. The normalized spacial score (nSPS) is 14.0. The van der Waals surface area contributed by atoms with Gasteiger partial charge in [0.05, 0.1) is 26.4 Å². The number of phosphoric acid groups is 2. The first-order valence-electron chi connectivity index (χ1n) is 40.3. The molecule has 0 aromatic heterocycles. The molecule has 0 amide bonds. The molecule has 0 aliphatic rings. The highest BCUT2D eigenvalue weighted by molar-refractivity contribution is 7.47. The van der Waals surface area contributed by atoms with Gasteiger partial charge in [0.25, 0.3) is 0 Å². The second kappa shape index (κ2) is 68.5. The number of phosphoric ester groups is 2. The van der Waals surface area contributed by atoms with Crippen molar-refractivity contribution in [3.8, 4) is 0 Å². The highest BCUT2D eigenvalue weighted by atomic mass is 31.2. The van der Waals surface area contributed by atoms with E-state index >= 15 is 0 Å². The van der Waals surface area contributed by atoms with Crippen LogP contribution in [0.1, 0.15) is 402 Å². The van der Waals surface area contributed by atoms with Crippen molar-refractivity contribution >= 4 is 39.5 Å². The van der Waals surface area contributed by atoms with E-state index in [4.69, 9.17) is 37.0 Å². The van der Waals surface area contributed by atoms with Crippen LogP contribution in [0.2, 0.25) is 0 Å². The molecule has 0 bridgehead atoms. The molecule has 0 saturated carbocycles. The molecule has 0 aliphatic carbocycles. The number of aliphatic hydroxyl groups excluding tert-OH is 1. The summed E-state index contributed by atoms with van der Waals surface area (Å²) in [7, 11) is -9.92. The molecule has 0 aromatic carbocycles. The van der Waals surface area contributed by atoms with E-state index in [1.807, 2.05) is 0 Å². The van der Waals surface area contributed by atoms with Crippen LogP contribution in [0.4, 0.5) is 0 Å². The lowest BCUT2D eigenvalue weighted by atomic mass is 10.0. The summed E-state index contributed by atoms with van der Waals surface area (Å²) in [6.45, 7) is 11.9. The molecule has 0 heterocycles. The van der Waals surface area contributed by atoms with Crippen LogP contribution in [0.15, 0.2) is 0 Å². The number of ether oxygens (including phenoxy) is 4. The van der Waals surface area contributed by atoms with E-state index in [-0.39, 0.29) is 25.7 Å². The predicted molar refractivity (Wildman–Crippen MR) is 395 cm³/mol. The zero-order valence-electron chi connectivity index (χ0n) is 63.5.